The van der Waals surface area contributed by atoms with Gasteiger partial charge in [-0.25, -0.2) is 0 Å². The highest BCUT2D eigenvalue weighted by molar-refractivity contribution is 5.15. The monoisotopic (exact) mass is 564 g/mol. The average molecular weight is 565 g/mol. The Balaban J connectivity index is 1.57. The van der Waals surface area contributed by atoms with Crippen LogP contribution < -0.4 is 0 Å². The van der Waals surface area contributed by atoms with E-state index in [-0.39, 0.29) is 12.7 Å². The Hall–Kier alpha value is -2.62. The molecular formula is C34H44O7. The average Bonchev–Trinajstić information content (AvgIpc) is 3.02. The second-order valence-corrected chi connectivity index (χ2v) is 10.1. The van der Waals surface area contributed by atoms with Crippen molar-refractivity contribution in [3.8, 4) is 0 Å². The highest BCUT2D eigenvalue weighted by atomic mass is 16.6. The van der Waals surface area contributed by atoms with Crippen LogP contribution in [-0.4, -0.2) is 68.7 Å². The second-order valence-electron chi connectivity index (χ2n) is 10.1. The SMILES string of the molecule is CCOCCO[C@@H]1[C@@H](OCc2ccccc2)[C@H](OCc2ccccc2)[C@@H](COCc2ccccc2)O[C@H]1CCCO. The molecule has 0 bridgehead atoms. The van der Waals surface area contributed by atoms with E-state index in [0.717, 1.165) is 16.7 Å². The van der Waals surface area contributed by atoms with Crippen LogP contribution >= 0.6 is 0 Å². The topological polar surface area (TPSA) is 75.6 Å². The van der Waals surface area contributed by atoms with Crippen molar-refractivity contribution in [1.82, 2.24) is 0 Å². The zero-order valence-electron chi connectivity index (χ0n) is 24.0. The van der Waals surface area contributed by atoms with Crippen LogP contribution in [0.5, 0.6) is 0 Å². The maximum absolute atomic E-state index is 9.65. The zero-order valence-corrected chi connectivity index (χ0v) is 24.0. The normalized spacial score (nSPS) is 22.5. The molecule has 7 heteroatoms. The van der Waals surface area contributed by atoms with Gasteiger partial charge in [-0.2, -0.15) is 0 Å². The van der Waals surface area contributed by atoms with Gasteiger partial charge in [0.2, 0.25) is 0 Å². The van der Waals surface area contributed by atoms with Gasteiger partial charge in [0.25, 0.3) is 0 Å². The van der Waals surface area contributed by atoms with E-state index in [1.54, 1.807) is 0 Å². The van der Waals surface area contributed by atoms with Crippen molar-refractivity contribution >= 4 is 0 Å². The molecule has 1 fully saturated rings. The molecule has 4 rings (SSSR count). The van der Waals surface area contributed by atoms with Crippen molar-refractivity contribution < 1.29 is 33.5 Å². The first kappa shape index (κ1) is 31.3. The van der Waals surface area contributed by atoms with Gasteiger partial charge in [0.05, 0.1) is 45.7 Å². The Bertz CT molecular complexity index is 1070. The molecule has 0 amide bonds. The van der Waals surface area contributed by atoms with Gasteiger partial charge in [-0.3, -0.25) is 0 Å². The van der Waals surface area contributed by atoms with Gasteiger partial charge in [0, 0.05) is 13.2 Å². The van der Waals surface area contributed by atoms with Crippen molar-refractivity contribution in [2.45, 2.75) is 70.1 Å². The molecule has 1 saturated heterocycles. The lowest BCUT2D eigenvalue weighted by Gasteiger charge is -2.46. The molecule has 1 heterocycles. The summed E-state index contributed by atoms with van der Waals surface area (Å²) >= 11 is 0. The third-order valence-corrected chi connectivity index (χ3v) is 7.08. The molecule has 0 aliphatic carbocycles. The second kappa shape index (κ2) is 18.0. The smallest absolute Gasteiger partial charge is 0.115 e. The molecule has 7 nitrogen and oxygen atoms in total. The number of hydrogen-bond acceptors (Lipinski definition) is 7. The summed E-state index contributed by atoms with van der Waals surface area (Å²) in [7, 11) is 0. The van der Waals surface area contributed by atoms with E-state index in [1.807, 2.05) is 97.9 Å². The summed E-state index contributed by atoms with van der Waals surface area (Å²) in [5.41, 5.74) is 3.23. The fraction of sp³-hybridized carbons (Fsp3) is 0.471. The lowest BCUT2D eigenvalue weighted by molar-refractivity contribution is -0.272. The zero-order chi connectivity index (χ0) is 28.5. The number of rotatable bonds is 18. The number of aliphatic hydroxyl groups is 1. The Morgan fingerprint density at radius 2 is 1.15 bits per heavy atom. The Kier molecular flexibility index (Phi) is 13.8. The molecule has 1 aliphatic rings. The fourth-order valence-corrected chi connectivity index (χ4v) is 5.03. The minimum Gasteiger partial charge on any atom is -0.396 e. The van der Waals surface area contributed by atoms with E-state index in [0.29, 0.717) is 59.1 Å². The van der Waals surface area contributed by atoms with E-state index in [4.69, 9.17) is 28.4 Å². The molecule has 0 radical (unpaired) electrons. The third kappa shape index (κ3) is 10.3. The van der Waals surface area contributed by atoms with Crippen molar-refractivity contribution in [2.24, 2.45) is 0 Å². The predicted octanol–water partition coefficient (Wildman–Crippen LogP) is 5.34. The molecular weight excluding hydrogens is 520 g/mol. The van der Waals surface area contributed by atoms with E-state index in [9.17, 15) is 5.11 Å². The third-order valence-electron chi connectivity index (χ3n) is 7.08. The molecule has 5 atom stereocenters. The Labute approximate surface area is 244 Å². The van der Waals surface area contributed by atoms with Gasteiger partial charge in [-0.05, 0) is 36.5 Å². The summed E-state index contributed by atoms with van der Waals surface area (Å²) in [5, 5.41) is 9.65. The maximum atomic E-state index is 9.65. The molecule has 1 N–H and O–H groups in total. The molecule has 3 aromatic rings. The quantitative estimate of drug-likeness (QED) is 0.209. The standard InChI is InChI=1S/C34H44O7/c1-2-36-21-22-38-32-30(19-12-20-35)41-31(26-37-23-27-13-6-3-7-14-27)33(39-24-28-15-8-4-9-16-28)34(32)40-25-29-17-10-5-11-18-29/h3-11,13-18,30-35H,2,12,19-26H2,1H3/t30-,31+,32-,33+,34+/m0/s1. The Morgan fingerprint density at radius 3 is 1.71 bits per heavy atom. The van der Waals surface area contributed by atoms with Crippen LogP contribution in [0.4, 0.5) is 0 Å². The van der Waals surface area contributed by atoms with Crippen molar-refractivity contribution in [3.05, 3.63) is 108 Å². The van der Waals surface area contributed by atoms with Gasteiger partial charge in [0.1, 0.15) is 24.4 Å². The van der Waals surface area contributed by atoms with Crippen LogP contribution in [0.2, 0.25) is 0 Å². The number of aliphatic hydroxyl groups excluding tert-OH is 1. The van der Waals surface area contributed by atoms with Gasteiger partial charge in [-0.1, -0.05) is 91.0 Å². The number of hydrogen-bond donors (Lipinski definition) is 1. The lowest BCUT2D eigenvalue weighted by atomic mass is 9.92. The van der Waals surface area contributed by atoms with Crippen LogP contribution in [0.3, 0.4) is 0 Å². The van der Waals surface area contributed by atoms with Gasteiger partial charge < -0.3 is 33.5 Å². The van der Waals surface area contributed by atoms with Crippen LogP contribution in [0.1, 0.15) is 36.5 Å². The highest BCUT2D eigenvalue weighted by Gasteiger charge is 2.48. The minimum absolute atomic E-state index is 0.0736. The van der Waals surface area contributed by atoms with Crippen LogP contribution in [0, 0.1) is 0 Å². The molecule has 3 aromatic carbocycles. The molecule has 222 valence electrons. The van der Waals surface area contributed by atoms with Crippen LogP contribution in [-0.2, 0) is 48.2 Å². The fourth-order valence-electron chi connectivity index (χ4n) is 5.03. The largest absolute Gasteiger partial charge is 0.396 e. The lowest BCUT2D eigenvalue weighted by Crippen LogP contribution is -2.61. The van der Waals surface area contributed by atoms with Crippen molar-refractivity contribution in [1.29, 1.82) is 0 Å². The van der Waals surface area contributed by atoms with Crippen molar-refractivity contribution in [3.63, 3.8) is 0 Å². The van der Waals surface area contributed by atoms with E-state index >= 15 is 0 Å². The summed E-state index contributed by atoms with van der Waals surface area (Å²) in [5.74, 6) is 0. The highest BCUT2D eigenvalue weighted by Crippen LogP contribution is 2.32. The minimum atomic E-state index is -0.447. The maximum Gasteiger partial charge on any atom is 0.115 e. The van der Waals surface area contributed by atoms with Crippen molar-refractivity contribution in [2.75, 3.05) is 33.0 Å². The molecule has 0 aromatic heterocycles. The summed E-state index contributed by atoms with van der Waals surface area (Å²) < 4.78 is 38.1. The molecule has 1 aliphatic heterocycles. The Morgan fingerprint density at radius 1 is 0.610 bits per heavy atom. The van der Waals surface area contributed by atoms with E-state index < -0.39 is 24.4 Å². The molecule has 0 unspecified atom stereocenters. The summed E-state index contributed by atoms with van der Waals surface area (Å²) in [6.07, 6.45) is -0.752. The first-order chi connectivity index (χ1) is 20.3. The van der Waals surface area contributed by atoms with Gasteiger partial charge >= 0.3 is 0 Å². The molecule has 41 heavy (non-hydrogen) atoms. The first-order valence-electron chi connectivity index (χ1n) is 14.7. The molecule has 0 saturated carbocycles. The summed E-state index contributed by atoms with van der Waals surface area (Å²) in [4.78, 5) is 0. The number of benzene rings is 3. The van der Waals surface area contributed by atoms with E-state index in [2.05, 4.69) is 0 Å². The summed E-state index contributed by atoms with van der Waals surface area (Å²) in [6.45, 7) is 5.16. The van der Waals surface area contributed by atoms with Crippen LogP contribution in [0.15, 0.2) is 91.0 Å². The summed E-state index contributed by atoms with van der Waals surface area (Å²) in [6, 6.07) is 30.3. The number of ether oxygens (including phenoxy) is 6. The first-order valence-corrected chi connectivity index (χ1v) is 14.7. The predicted molar refractivity (Wildman–Crippen MR) is 157 cm³/mol. The van der Waals surface area contributed by atoms with Gasteiger partial charge in [0.15, 0.2) is 0 Å². The van der Waals surface area contributed by atoms with Crippen LogP contribution in [0.25, 0.3) is 0 Å². The molecule has 0 spiro atoms. The van der Waals surface area contributed by atoms with Gasteiger partial charge in [-0.15, -0.1) is 0 Å². The van der Waals surface area contributed by atoms with E-state index in [1.165, 1.54) is 0 Å².